The number of nitrogens with zero attached hydrogens (tertiary/aromatic N) is 1. The molecule has 0 unspecified atom stereocenters. The standard InChI is InChI=1S/C22H26N4O3S/c1-29-17-9-5-8-16(10-17)12-24-13-20(27)18(11-15-6-3-2-4-7-15)25-21(28)19-14-30-22(23)26-19/h2-10,14,18,20,24,27H,11-13H2,1H3,(H2,23,26)(H,25,28)/t18-,20-/m0/s1. The van der Waals surface area contributed by atoms with Gasteiger partial charge in [-0.15, -0.1) is 11.3 Å². The lowest BCUT2D eigenvalue weighted by molar-refractivity contribution is 0.0826. The number of nitrogens with one attached hydrogen (secondary N) is 2. The molecule has 158 valence electrons. The molecule has 1 aromatic heterocycles. The van der Waals surface area contributed by atoms with Crippen LogP contribution in [0.4, 0.5) is 5.13 Å². The molecule has 1 heterocycles. The Balaban J connectivity index is 1.62. The van der Waals surface area contributed by atoms with Crippen molar-refractivity contribution >= 4 is 22.4 Å². The number of aromatic nitrogens is 1. The zero-order valence-electron chi connectivity index (χ0n) is 16.7. The van der Waals surface area contributed by atoms with Crippen LogP contribution in [0.25, 0.3) is 0 Å². The van der Waals surface area contributed by atoms with Gasteiger partial charge in [-0.2, -0.15) is 0 Å². The minimum absolute atomic E-state index is 0.257. The largest absolute Gasteiger partial charge is 0.497 e. The minimum atomic E-state index is -0.796. The van der Waals surface area contributed by atoms with Crippen molar-refractivity contribution in [1.82, 2.24) is 15.6 Å². The maximum Gasteiger partial charge on any atom is 0.271 e. The van der Waals surface area contributed by atoms with Crippen molar-refractivity contribution in [3.8, 4) is 5.75 Å². The number of carbonyl (C=O) groups excluding carboxylic acids is 1. The summed E-state index contributed by atoms with van der Waals surface area (Å²) in [4.78, 5) is 16.6. The second-order valence-electron chi connectivity index (χ2n) is 6.89. The topological polar surface area (TPSA) is 110 Å². The SMILES string of the molecule is COc1cccc(CNC[C@H](O)[C@H](Cc2ccccc2)NC(=O)c2csc(N)n2)c1. The molecule has 0 aliphatic heterocycles. The molecule has 0 bridgehead atoms. The van der Waals surface area contributed by atoms with Crippen LogP contribution in [0.3, 0.4) is 0 Å². The van der Waals surface area contributed by atoms with E-state index >= 15 is 0 Å². The zero-order valence-corrected chi connectivity index (χ0v) is 17.6. The van der Waals surface area contributed by atoms with Gasteiger partial charge in [0.25, 0.3) is 5.91 Å². The van der Waals surface area contributed by atoms with Gasteiger partial charge in [0.2, 0.25) is 0 Å². The summed E-state index contributed by atoms with van der Waals surface area (Å²) in [5.41, 5.74) is 7.95. The smallest absolute Gasteiger partial charge is 0.271 e. The fraction of sp³-hybridized carbons (Fsp3) is 0.273. The summed E-state index contributed by atoms with van der Waals surface area (Å²) >= 11 is 1.21. The van der Waals surface area contributed by atoms with Crippen LogP contribution in [0, 0.1) is 0 Å². The van der Waals surface area contributed by atoms with Gasteiger partial charge >= 0.3 is 0 Å². The third-order valence-electron chi connectivity index (χ3n) is 4.65. The van der Waals surface area contributed by atoms with E-state index in [0.29, 0.717) is 24.6 Å². The Hall–Kier alpha value is -2.94. The fourth-order valence-electron chi connectivity index (χ4n) is 3.07. The number of carbonyl (C=O) groups is 1. The average molecular weight is 427 g/mol. The van der Waals surface area contributed by atoms with Crippen molar-refractivity contribution in [2.45, 2.75) is 25.1 Å². The van der Waals surface area contributed by atoms with Crippen LogP contribution in [0.2, 0.25) is 0 Å². The van der Waals surface area contributed by atoms with Crippen LogP contribution < -0.4 is 21.1 Å². The number of methoxy groups -OCH3 is 1. The van der Waals surface area contributed by atoms with Crippen LogP contribution in [0.1, 0.15) is 21.6 Å². The van der Waals surface area contributed by atoms with Crippen LogP contribution in [-0.2, 0) is 13.0 Å². The van der Waals surface area contributed by atoms with E-state index in [-0.39, 0.29) is 11.6 Å². The van der Waals surface area contributed by atoms with Crippen molar-refractivity contribution in [3.05, 3.63) is 76.8 Å². The maximum absolute atomic E-state index is 12.6. The highest BCUT2D eigenvalue weighted by Gasteiger charge is 2.23. The third-order valence-corrected chi connectivity index (χ3v) is 5.32. The normalized spacial score (nSPS) is 12.9. The Morgan fingerprint density at radius 3 is 2.67 bits per heavy atom. The molecule has 5 N–H and O–H groups in total. The van der Waals surface area contributed by atoms with Gasteiger partial charge in [0.15, 0.2) is 5.13 Å². The van der Waals surface area contributed by atoms with Gasteiger partial charge < -0.3 is 26.2 Å². The molecule has 2 atom stereocenters. The minimum Gasteiger partial charge on any atom is -0.497 e. The molecule has 0 radical (unpaired) electrons. The predicted molar refractivity (Wildman–Crippen MR) is 119 cm³/mol. The van der Waals surface area contributed by atoms with E-state index in [0.717, 1.165) is 16.9 Å². The molecule has 0 aliphatic rings. The molecule has 8 heteroatoms. The second kappa shape index (κ2) is 10.7. The molecule has 0 spiro atoms. The van der Waals surface area contributed by atoms with Gasteiger partial charge in [-0.25, -0.2) is 4.98 Å². The molecule has 3 rings (SSSR count). The number of rotatable bonds is 10. The predicted octanol–water partition coefficient (Wildman–Crippen LogP) is 2.23. The third kappa shape index (κ3) is 6.28. The Kier molecular flexibility index (Phi) is 7.78. The van der Waals surface area contributed by atoms with Crippen LogP contribution in [-0.4, -0.2) is 41.8 Å². The molecule has 0 saturated carbocycles. The first-order valence-electron chi connectivity index (χ1n) is 9.62. The van der Waals surface area contributed by atoms with Crippen LogP contribution >= 0.6 is 11.3 Å². The highest BCUT2D eigenvalue weighted by atomic mass is 32.1. The number of hydrogen-bond acceptors (Lipinski definition) is 7. The van der Waals surface area contributed by atoms with E-state index in [9.17, 15) is 9.90 Å². The summed E-state index contributed by atoms with van der Waals surface area (Å²) in [6.45, 7) is 0.886. The number of aliphatic hydroxyl groups is 1. The fourth-order valence-corrected chi connectivity index (χ4v) is 3.62. The summed E-state index contributed by atoms with van der Waals surface area (Å²) in [5, 5.41) is 18.9. The molecule has 2 aromatic carbocycles. The molecular formula is C22H26N4O3S. The molecular weight excluding hydrogens is 400 g/mol. The van der Waals surface area contributed by atoms with Gasteiger partial charge in [-0.05, 0) is 29.7 Å². The Bertz CT molecular complexity index is 948. The molecule has 1 amide bonds. The number of amides is 1. The summed E-state index contributed by atoms with van der Waals surface area (Å²) in [7, 11) is 1.63. The summed E-state index contributed by atoms with van der Waals surface area (Å²) < 4.78 is 5.24. The number of benzene rings is 2. The maximum atomic E-state index is 12.6. The van der Waals surface area contributed by atoms with Crippen LogP contribution in [0.5, 0.6) is 5.75 Å². The van der Waals surface area contributed by atoms with Gasteiger partial charge in [-0.3, -0.25) is 4.79 Å². The number of aliphatic hydroxyl groups excluding tert-OH is 1. The summed E-state index contributed by atoms with van der Waals surface area (Å²) in [6, 6.07) is 17.0. The van der Waals surface area contributed by atoms with E-state index in [1.165, 1.54) is 11.3 Å². The number of hydrogen-bond donors (Lipinski definition) is 4. The second-order valence-corrected chi connectivity index (χ2v) is 7.78. The summed E-state index contributed by atoms with van der Waals surface area (Å²) in [5.74, 6) is 0.433. The summed E-state index contributed by atoms with van der Waals surface area (Å²) in [6.07, 6.45) is -0.301. The van der Waals surface area contributed by atoms with Gasteiger partial charge in [-0.1, -0.05) is 42.5 Å². The van der Waals surface area contributed by atoms with Gasteiger partial charge in [0.1, 0.15) is 11.4 Å². The first kappa shape index (κ1) is 21.8. The van der Waals surface area contributed by atoms with E-state index in [4.69, 9.17) is 10.5 Å². The van der Waals surface area contributed by atoms with Crippen molar-refractivity contribution in [2.24, 2.45) is 0 Å². The first-order valence-corrected chi connectivity index (χ1v) is 10.5. The van der Waals surface area contributed by atoms with E-state index < -0.39 is 12.1 Å². The van der Waals surface area contributed by atoms with E-state index in [2.05, 4.69) is 15.6 Å². The lowest BCUT2D eigenvalue weighted by Gasteiger charge is -2.24. The van der Waals surface area contributed by atoms with Crippen molar-refractivity contribution in [2.75, 3.05) is 19.4 Å². The Labute approximate surface area is 179 Å². The highest BCUT2D eigenvalue weighted by Crippen LogP contribution is 2.14. The van der Waals surface area contributed by atoms with E-state index in [1.807, 2.05) is 54.6 Å². The van der Waals surface area contributed by atoms with Crippen molar-refractivity contribution in [3.63, 3.8) is 0 Å². The number of nitrogens with two attached hydrogens (primary N) is 1. The molecule has 0 fully saturated rings. The van der Waals surface area contributed by atoms with Crippen molar-refractivity contribution in [1.29, 1.82) is 0 Å². The quantitative estimate of drug-likeness (QED) is 0.396. The molecule has 3 aromatic rings. The monoisotopic (exact) mass is 426 g/mol. The molecule has 30 heavy (non-hydrogen) atoms. The Morgan fingerprint density at radius 1 is 1.20 bits per heavy atom. The number of nitrogen functional groups attached to an aromatic ring is 1. The van der Waals surface area contributed by atoms with Crippen LogP contribution in [0.15, 0.2) is 60.0 Å². The van der Waals surface area contributed by atoms with Gasteiger partial charge in [0, 0.05) is 18.5 Å². The average Bonchev–Trinajstić information content (AvgIpc) is 3.20. The van der Waals surface area contributed by atoms with E-state index in [1.54, 1.807) is 12.5 Å². The molecule has 0 saturated heterocycles. The Morgan fingerprint density at radius 2 is 1.97 bits per heavy atom. The number of ether oxygens (including phenoxy) is 1. The molecule has 0 aliphatic carbocycles. The number of anilines is 1. The first-order chi connectivity index (χ1) is 14.5. The number of thiazole rings is 1. The molecule has 7 nitrogen and oxygen atoms in total. The lowest BCUT2D eigenvalue weighted by Crippen LogP contribution is -2.48. The zero-order chi connectivity index (χ0) is 21.3. The highest BCUT2D eigenvalue weighted by molar-refractivity contribution is 7.13. The van der Waals surface area contributed by atoms with Gasteiger partial charge in [0.05, 0.1) is 19.3 Å². The lowest BCUT2D eigenvalue weighted by atomic mass is 10.0. The van der Waals surface area contributed by atoms with Crippen molar-refractivity contribution < 1.29 is 14.6 Å².